The molecule has 1 aromatic heterocycles. The van der Waals surface area contributed by atoms with Gasteiger partial charge >= 0.3 is 11.8 Å². The van der Waals surface area contributed by atoms with Gasteiger partial charge in [0.25, 0.3) is 0 Å². The maximum absolute atomic E-state index is 11.7. The second-order valence-corrected chi connectivity index (χ2v) is 4.85. The van der Waals surface area contributed by atoms with Crippen molar-refractivity contribution < 1.29 is 19.3 Å². The van der Waals surface area contributed by atoms with E-state index in [2.05, 4.69) is 15.1 Å². The Labute approximate surface area is 140 Å². The van der Waals surface area contributed by atoms with E-state index in [9.17, 15) is 14.9 Å². The van der Waals surface area contributed by atoms with E-state index in [1.807, 2.05) is 0 Å². The Morgan fingerprint density at radius 2 is 2.25 bits per heavy atom. The van der Waals surface area contributed by atoms with Crippen LogP contribution < -0.4 is 10.5 Å². The molecule has 0 aliphatic rings. The third-order valence-electron chi connectivity index (χ3n) is 2.79. The van der Waals surface area contributed by atoms with Crippen molar-refractivity contribution in [2.75, 3.05) is 7.11 Å². The Hall–Kier alpha value is -3.14. The SMILES string of the molecule is COc1ccc(Cl)cc1/C(N)=N/OC(=O)Cn1ccc([N+](=O)[O-])n1. The van der Waals surface area contributed by atoms with Crippen LogP contribution in [0.5, 0.6) is 5.75 Å². The van der Waals surface area contributed by atoms with E-state index < -0.39 is 10.9 Å². The minimum Gasteiger partial charge on any atom is -0.496 e. The van der Waals surface area contributed by atoms with E-state index in [1.54, 1.807) is 12.1 Å². The standard InChI is InChI=1S/C13H12ClN5O5/c1-23-10-3-2-8(14)6-9(10)13(15)17-24-12(20)7-18-5-4-11(16-18)19(21)22/h2-6H,7H2,1H3,(H2,15,17). The average Bonchev–Trinajstić information content (AvgIpc) is 3.01. The number of methoxy groups -OCH3 is 1. The second kappa shape index (κ2) is 7.42. The number of ether oxygens (including phenoxy) is 1. The smallest absolute Gasteiger partial charge is 0.389 e. The third kappa shape index (κ3) is 4.20. The van der Waals surface area contributed by atoms with Crippen LogP contribution in [-0.4, -0.2) is 33.6 Å². The molecule has 0 amide bonds. The minimum atomic E-state index is -0.808. The average molecular weight is 354 g/mol. The Balaban J connectivity index is 2.05. The summed E-state index contributed by atoms with van der Waals surface area (Å²) in [5.41, 5.74) is 6.10. The minimum absolute atomic E-state index is 0.117. The van der Waals surface area contributed by atoms with Crippen molar-refractivity contribution in [1.29, 1.82) is 0 Å². The zero-order valence-corrected chi connectivity index (χ0v) is 13.1. The van der Waals surface area contributed by atoms with Gasteiger partial charge in [-0.3, -0.25) is 0 Å². The first-order valence-corrected chi connectivity index (χ1v) is 6.83. The molecule has 0 aliphatic heterocycles. The summed E-state index contributed by atoms with van der Waals surface area (Å²) in [6.07, 6.45) is 1.27. The number of hydrogen-bond acceptors (Lipinski definition) is 7. The molecule has 126 valence electrons. The molecule has 0 spiro atoms. The van der Waals surface area contributed by atoms with Gasteiger partial charge in [-0.25, -0.2) is 4.79 Å². The van der Waals surface area contributed by atoms with Gasteiger partial charge in [-0.05, 0) is 23.1 Å². The first kappa shape index (κ1) is 17.2. The molecule has 10 nitrogen and oxygen atoms in total. The number of aromatic nitrogens is 2. The number of halogens is 1. The molecule has 0 atom stereocenters. The van der Waals surface area contributed by atoms with Crippen LogP contribution >= 0.6 is 11.6 Å². The van der Waals surface area contributed by atoms with Gasteiger partial charge in [0.2, 0.25) is 0 Å². The summed E-state index contributed by atoms with van der Waals surface area (Å²) in [5, 5.41) is 18.0. The molecular weight excluding hydrogens is 342 g/mol. The molecule has 1 aromatic carbocycles. The van der Waals surface area contributed by atoms with E-state index in [0.29, 0.717) is 16.3 Å². The van der Waals surface area contributed by atoms with Gasteiger partial charge < -0.3 is 25.4 Å². The number of nitro groups is 1. The summed E-state index contributed by atoms with van der Waals surface area (Å²) in [4.78, 5) is 26.2. The molecule has 24 heavy (non-hydrogen) atoms. The highest BCUT2D eigenvalue weighted by Crippen LogP contribution is 2.22. The second-order valence-electron chi connectivity index (χ2n) is 4.41. The fourth-order valence-corrected chi connectivity index (χ4v) is 1.90. The number of carbonyl (C=O) groups is 1. The molecule has 0 unspecified atom stereocenters. The molecule has 2 aromatic rings. The summed E-state index contributed by atoms with van der Waals surface area (Å²) in [6.45, 7) is -0.364. The topological polar surface area (TPSA) is 135 Å². The van der Waals surface area contributed by atoms with E-state index >= 15 is 0 Å². The molecule has 11 heteroatoms. The normalized spacial score (nSPS) is 11.2. The predicted octanol–water partition coefficient (Wildman–Crippen LogP) is 1.32. The quantitative estimate of drug-likeness (QED) is 0.272. The number of nitrogens with two attached hydrogens (primary N) is 1. The molecule has 0 radical (unpaired) electrons. The summed E-state index contributed by atoms with van der Waals surface area (Å²) in [7, 11) is 1.44. The van der Waals surface area contributed by atoms with E-state index in [0.717, 1.165) is 10.7 Å². The lowest BCUT2D eigenvalue weighted by atomic mass is 10.2. The summed E-state index contributed by atoms with van der Waals surface area (Å²) >= 11 is 5.88. The Bertz CT molecular complexity index is 804. The molecule has 2 rings (SSSR count). The van der Waals surface area contributed by atoms with Crippen LogP contribution in [0.4, 0.5) is 5.82 Å². The Morgan fingerprint density at radius 1 is 1.50 bits per heavy atom. The van der Waals surface area contributed by atoms with Gasteiger partial charge in [0.15, 0.2) is 12.4 Å². The van der Waals surface area contributed by atoms with Gasteiger partial charge in [-0.1, -0.05) is 16.8 Å². The van der Waals surface area contributed by atoms with Crippen molar-refractivity contribution in [2.24, 2.45) is 10.9 Å². The highest BCUT2D eigenvalue weighted by Gasteiger charge is 2.15. The number of oxime groups is 1. The third-order valence-corrected chi connectivity index (χ3v) is 3.02. The monoisotopic (exact) mass is 353 g/mol. The molecule has 0 saturated carbocycles. The van der Waals surface area contributed by atoms with Crippen molar-refractivity contribution in [3.63, 3.8) is 0 Å². The van der Waals surface area contributed by atoms with Crippen LogP contribution in [0, 0.1) is 10.1 Å². The summed E-state index contributed by atoms with van der Waals surface area (Å²) < 4.78 is 6.16. The highest BCUT2D eigenvalue weighted by atomic mass is 35.5. The molecule has 0 aliphatic carbocycles. The van der Waals surface area contributed by atoms with Crippen LogP contribution in [0.3, 0.4) is 0 Å². The van der Waals surface area contributed by atoms with Crippen LogP contribution in [0.25, 0.3) is 0 Å². The number of rotatable bonds is 6. The molecule has 0 saturated heterocycles. The number of hydrogen-bond donors (Lipinski definition) is 1. The van der Waals surface area contributed by atoms with Gasteiger partial charge in [-0.2, -0.15) is 4.68 Å². The lowest BCUT2D eigenvalue weighted by Gasteiger charge is -2.07. The maximum Gasteiger partial charge on any atom is 0.389 e. The zero-order valence-electron chi connectivity index (χ0n) is 12.4. The van der Waals surface area contributed by atoms with Crippen molar-refractivity contribution in [1.82, 2.24) is 9.78 Å². The van der Waals surface area contributed by atoms with Gasteiger partial charge in [0.05, 0.1) is 30.0 Å². The molecule has 1 heterocycles. The van der Waals surface area contributed by atoms with Crippen molar-refractivity contribution in [3.8, 4) is 5.75 Å². The first-order chi connectivity index (χ1) is 11.4. The van der Waals surface area contributed by atoms with Crippen molar-refractivity contribution in [3.05, 3.63) is 51.2 Å². The van der Waals surface area contributed by atoms with E-state index in [1.165, 1.54) is 19.4 Å². The first-order valence-electron chi connectivity index (χ1n) is 6.45. The van der Waals surface area contributed by atoms with Gasteiger partial charge in [0.1, 0.15) is 5.75 Å². The fourth-order valence-electron chi connectivity index (χ4n) is 1.73. The number of carbonyl (C=O) groups excluding carboxylic acids is 1. The Morgan fingerprint density at radius 3 is 2.88 bits per heavy atom. The maximum atomic E-state index is 11.7. The van der Waals surface area contributed by atoms with Crippen LogP contribution in [-0.2, 0) is 16.2 Å². The van der Waals surface area contributed by atoms with Gasteiger partial charge in [-0.15, -0.1) is 0 Å². The zero-order chi connectivity index (χ0) is 17.7. The highest BCUT2D eigenvalue weighted by molar-refractivity contribution is 6.31. The lowest BCUT2D eigenvalue weighted by Crippen LogP contribution is -2.18. The Kier molecular flexibility index (Phi) is 5.32. The number of nitrogens with zero attached hydrogens (tertiary/aromatic N) is 4. The summed E-state index contributed by atoms with van der Waals surface area (Å²) in [5.74, 6) is -0.903. The number of benzene rings is 1. The molecule has 0 bridgehead atoms. The molecule has 0 fully saturated rings. The summed E-state index contributed by atoms with van der Waals surface area (Å²) in [6, 6.07) is 5.85. The van der Waals surface area contributed by atoms with Crippen molar-refractivity contribution in [2.45, 2.75) is 6.54 Å². The molecular formula is C13H12ClN5O5. The van der Waals surface area contributed by atoms with E-state index in [-0.39, 0.29) is 18.2 Å². The predicted molar refractivity (Wildman–Crippen MR) is 83.7 cm³/mol. The fraction of sp³-hybridized carbons (Fsp3) is 0.154. The van der Waals surface area contributed by atoms with Crippen molar-refractivity contribution >= 4 is 29.2 Å². The number of amidine groups is 1. The van der Waals surface area contributed by atoms with Crippen LogP contribution in [0.15, 0.2) is 35.6 Å². The van der Waals surface area contributed by atoms with Crippen LogP contribution in [0.2, 0.25) is 5.02 Å². The lowest BCUT2D eigenvalue weighted by molar-refractivity contribution is -0.389. The molecule has 2 N–H and O–H groups in total. The van der Waals surface area contributed by atoms with E-state index in [4.69, 9.17) is 22.1 Å². The largest absolute Gasteiger partial charge is 0.496 e. The van der Waals surface area contributed by atoms with Gasteiger partial charge in [0, 0.05) is 5.02 Å². The van der Waals surface area contributed by atoms with Crippen LogP contribution in [0.1, 0.15) is 5.56 Å².